The molecular formula is C15H21NOS. The van der Waals surface area contributed by atoms with Gasteiger partial charge < -0.3 is 4.90 Å². The molecule has 1 heterocycles. The van der Waals surface area contributed by atoms with Crippen LogP contribution in [0.5, 0.6) is 0 Å². The van der Waals surface area contributed by atoms with Crippen molar-refractivity contribution in [3.05, 3.63) is 29.8 Å². The van der Waals surface area contributed by atoms with Gasteiger partial charge in [0.25, 0.3) is 5.91 Å². The standard InChI is InChI=1S/C15H21NOS/c1-2-13-6-4-3-5-11-16(13)15(17)12-7-9-14(18)10-8-12/h7-10,13,18H,2-6,11H2,1H3. The van der Waals surface area contributed by atoms with Gasteiger partial charge >= 0.3 is 0 Å². The molecule has 1 unspecified atom stereocenters. The molecule has 0 radical (unpaired) electrons. The fraction of sp³-hybridized carbons (Fsp3) is 0.533. The molecular weight excluding hydrogens is 242 g/mol. The van der Waals surface area contributed by atoms with Gasteiger partial charge in [0.05, 0.1) is 0 Å². The van der Waals surface area contributed by atoms with Crippen molar-refractivity contribution in [3.8, 4) is 0 Å². The quantitative estimate of drug-likeness (QED) is 0.805. The predicted octanol–water partition coefficient (Wildman–Crippen LogP) is 3.77. The first-order valence-corrected chi connectivity index (χ1v) is 7.27. The second-order valence-corrected chi connectivity index (χ2v) is 5.47. The van der Waals surface area contributed by atoms with Gasteiger partial charge in [-0.1, -0.05) is 19.8 Å². The predicted molar refractivity (Wildman–Crippen MR) is 77.3 cm³/mol. The molecule has 0 saturated carbocycles. The Hall–Kier alpha value is -0.960. The van der Waals surface area contributed by atoms with E-state index in [1.54, 1.807) is 0 Å². The normalized spacial score (nSPS) is 20.6. The van der Waals surface area contributed by atoms with E-state index in [1.165, 1.54) is 12.8 Å². The Bertz CT molecular complexity index is 401. The Morgan fingerprint density at radius 2 is 2.00 bits per heavy atom. The maximum absolute atomic E-state index is 12.5. The summed E-state index contributed by atoms with van der Waals surface area (Å²) in [5, 5.41) is 0. The first kappa shape index (κ1) is 13.5. The lowest BCUT2D eigenvalue weighted by molar-refractivity contribution is 0.0678. The van der Waals surface area contributed by atoms with E-state index in [2.05, 4.69) is 24.5 Å². The van der Waals surface area contributed by atoms with Crippen LogP contribution < -0.4 is 0 Å². The average molecular weight is 263 g/mol. The van der Waals surface area contributed by atoms with Crippen LogP contribution in [-0.4, -0.2) is 23.4 Å². The minimum Gasteiger partial charge on any atom is -0.336 e. The third-order valence-corrected chi connectivity index (χ3v) is 4.02. The van der Waals surface area contributed by atoms with Crippen molar-refractivity contribution in [2.45, 2.75) is 50.0 Å². The lowest BCUT2D eigenvalue weighted by Gasteiger charge is -2.29. The Kier molecular flexibility index (Phi) is 4.70. The van der Waals surface area contributed by atoms with E-state index in [1.807, 2.05) is 24.3 Å². The summed E-state index contributed by atoms with van der Waals surface area (Å²) in [6.45, 7) is 3.08. The van der Waals surface area contributed by atoms with E-state index >= 15 is 0 Å². The lowest BCUT2D eigenvalue weighted by Crippen LogP contribution is -2.39. The summed E-state index contributed by atoms with van der Waals surface area (Å²) in [4.78, 5) is 15.5. The molecule has 0 bridgehead atoms. The highest BCUT2D eigenvalue weighted by Gasteiger charge is 2.24. The van der Waals surface area contributed by atoms with Gasteiger partial charge in [0, 0.05) is 23.0 Å². The number of rotatable bonds is 2. The second-order valence-electron chi connectivity index (χ2n) is 4.96. The van der Waals surface area contributed by atoms with Crippen molar-refractivity contribution in [1.29, 1.82) is 0 Å². The van der Waals surface area contributed by atoms with Crippen LogP contribution >= 0.6 is 12.6 Å². The zero-order valence-electron chi connectivity index (χ0n) is 10.9. The van der Waals surface area contributed by atoms with Gasteiger partial charge in [0.15, 0.2) is 0 Å². The average Bonchev–Trinajstić information content (AvgIpc) is 2.63. The number of carbonyl (C=O) groups is 1. The monoisotopic (exact) mass is 263 g/mol. The molecule has 1 aliphatic heterocycles. The largest absolute Gasteiger partial charge is 0.336 e. The summed E-state index contributed by atoms with van der Waals surface area (Å²) >= 11 is 4.26. The van der Waals surface area contributed by atoms with E-state index in [0.717, 1.165) is 36.3 Å². The molecule has 0 aromatic heterocycles. The molecule has 0 spiro atoms. The van der Waals surface area contributed by atoms with E-state index in [-0.39, 0.29) is 5.91 Å². The van der Waals surface area contributed by atoms with Crippen LogP contribution in [0.4, 0.5) is 0 Å². The minimum atomic E-state index is 0.178. The van der Waals surface area contributed by atoms with Crippen molar-refractivity contribution in [1.82, 2.24) is 4.90 Å². The summed E-state index contributed by atoms with van der Waals surface area (Å²) in [6.07, 6.45) is 5.82. The van der Waals surface area contributed by atoms with Crippen LogP contribution in [0.2, 0.25) is 0 Å². The van der Waals surface area contributed by atoms with Crippen LogP contribution in [0.3, 0.4) is 0 Å². The SMILES string of the molecule is CCC1CCCCCN1C(=O)c1ccc(S)cc1. The van der Waals surface area contributed by atoms with Crippen molar-refractivity contribution in [2.75, 3.05) is 6.54 Å². The first-order chi connectivity index (χ1) is 8.72. The zero-order chi connectivity index (χ0) is 13.0. The Labute approximate surface area is 115 Å². The highest BCUT2D eigenvalue weighted by Crippen LogP contribution is 2.21. The molecule has 1 aromatic rings. The maximum atomic E-state index is 12.5. The third kappa shape index (κ3) is 3.08. The van der Waals surface area contributed by atoms with E-state index < -0.39 is 0 Å². The van der Waals surface area contributed by atoms with Crippen molar-refractivity contribution in [3.63, 3.8) is 0 Å². The molecule has 1 aliphatic rings. The molecule has 0 aliphatic carbocycles. The summed E-state index contributed by atoms with van der Waals surface area (Å²) < 4.78 is 0. The summed E-state index contributed by atoms with van der Waals surface area (Å²) in [6, 6.07) is 7.94. The summed E-state index contributed by atoms with van der Waals surface area (Å²) in [5.41, 5.74) is 0.785. The van der Waals surface area contributed by atoms with Gasteiger partial charge in [0.1, 0.15) is 0 Å². The number of nitrogens with zero attached hydrogens (tertiary/aromatic N) is 1. The number of hydrogen-bond donors (Lipinski definition) is 1. The van der Waals surface area contributed by atoms with Crippen LogP contribution in [0, 0.1) is 0 Å². The lowest BCUT2D eigenvalue weighted by atomic mass is 10.1. The highest BCUT2D eigenvalue weighted by molar-refractivity contribution is 7.80. The molecule has 1 amide bonds. The van der Waals surface area contributed by atoms with E-state index in [0.29, 0.717) is 6.04 Å². The molecule has 98 valence electrons. The Morgan fingerprint density at radius 1 is 1.28 bits per heavy atom. The topological polar surface area (TPSA) is 20.3 Å². The van der Waals surface area contributed by atoms with E-state index in [4.69, 9.17) is 0 Å². The third-order valence-electron chi connectivity index (χ3n) is 3.72. The number of thiol groups is 1. The van der Waals surface area contributed by atoms with Gasteiger partial charge in [-0.2, -0.15) is 0 Å². The van der Waals surface area contributed by atoms with Crippen molar-refractivity contribution < 1.29 is 4.79 Å². The number of carbonyl (C=O) groups excluding carboxylic acids is 1. The fourth-order valence-electron chi connectivity index (χ4n) is 2.64. The molecule has 18 heavy (non-hydrogen) atoms. The van der Waals surface area contributed by atoms with Crippen LogP contribution in [-0.2, 0) is 0 Å². The van der Waals surface area contributed by atoms with Crippen LogP contribution in [0.15, 0.2) is 29.2 Å². The molecule has 2 nitrogen and oxygen atoms in total. The van der Waals surface area contributed by atoms with Crippen molar-refractivity contribution >= 4 is 18.5 Å². The number of benzene rings is 1. The van der Waals surface area contributed by atoms with Crippen LogP contribution in [0.1, 0.15) is 49.4 Å². The van der Waals surface area contributed by atoms with Gasteiger partial charge in [-0.15, -0.1) is 12.6 Å². The van der Waals surface area contributed by atoms with Crippen LogP contribution in [0.25, 0.3) is 0 Å². The minimum absolute atomic E-state index is 0.178. The number of likely N-dealkylation sites (tertiary alicyclic amines) is 1. The zero-order valence-corrected chi connectivity index (χ0v) is 11.8. The Morgan fingerprint density at radius 3 is 2.67 bits per heavy atom. The van der Waals surface area contributed by atoms with Gasteiger partial charge in [0.2, 0.25) is 0 Å². The Balaban J connectivity index is 2.17. The molecule has 0 N–H and O–H groups in total. The maximum Gasteiger partial charge on any atom is 0.254 e. The number of amides is 1. The first-order valence-electron chi connectivity index (χ1n) is 6.82. The molecule has 1 aromatic carbocycles. The molecule has 2 rings (SSSR count). The van der Waals surface area contributed by atoms with Gasteiger partial charge in [-0.05, 0) is 43.5 Å². The smallest absolute Gasteiger partial charge is 0.254 e. The van der Waals surface area contributed by atoms with Gasteiger partial charge in [-0.3, -0.25) is 4.79 Å². The second kappa shape index (κ2) is 6.28. The fourth-order valence-corrected chi connectivity index (χ4v) is 2.79. The molecule has 1 saturated heterocycles. The molecule has 1 atom stereocenters. The van der Waals surface area contributed by atoms with E-state index in [9.17, 15) is 4.79 Å². The summed E-state index contributed by atoms with van der Waals surface area (Å²) in [7, 11) is 0. The van der Waals surface area contributed by atoms with Gasteiger partial charge in [-0.25, -0.2) is 0 Å². The summed E-state index contributed by atoms with van der Waals surface area (Å²) in [5.74, 6) is 0.178. The van der Waals surface area contributed by atoms with Crippen molar-refractivity contribution in [2.24, 2.45) is 0 Å². The molecule has 3 heteroatoms. The number of hydrogen-bond acceptors (Lipinski definition) is 2. The highest BCUT2D eigenvalue weighted by atomic mass is 32.1. The molecule has 1 fully saturated rings.